The zero-order valence-corrected chi connectivity index (χ0v) is 13.2. The van der Waals surface area contributed by atoms with Gasteiger partial charge in [-0.15, -0.1) is 0 Å². The predicted molar refractivity (Wildman–Crippen MR) is 87.6 cm³/mol. The Morgan fingerprint density at radius 1 is 1.13 bits per heavy atom. The molecule has 2 aromatic rings. The molecular weight excluding hydrogens is 294 g/mol. The zero-order valence-electron chi connectivity index (χ0n) is 13.2. The molecule has 0 aliphatic carbocycles. The maximum Gasteiger partial charge on any atom is 0.338 e. The highest BCUT2D eigenvalue weighted by Gasteiger charge is 2.08. The van der Waals surface area contributed by atoms with E-state index in [1.807, 2.05) is 6.07 Å². The van der Waals surface area contributed by atoms with Crippen LogP contribution in [-0.2, 0) is 11.3 Å². The van der Waals surface area contributed by atoms with Crippen molar-refractivity contribution in [2.75, 3.05) is 12.3 Å². The number of nitrogens with two attached hydrogens (primary N) is 1. The van der Waals surface area contributed by atoms with Gasteiger partial charge >= 0.3 is 5.97 Å². The van der Waals surface area contributed by atoms with Crippen molar-refractivity contribution in [3.63, 3.8) is 0 Å². The first kappa shape index (κ1) is 16.5. The summed E-state index contributed by atoms with van der Waals surface area (Å²) in [6.45, 7) is 3.85. The van der Waals surface area contributed by atoms with Crippen molar-refractivity contribution in [1.29, 1.82) is 0 Å². The quantitative estimate of drug-likeness (QED) is 0.503. The smallest absolute Gasteiger partial charge is 0.338 e. The minimum atomic E-state index is -0.357. The van der Waals surface area contributed by atoms with E-state index in [2.05, 4.69) is 0 Å². The molecule has 0 saturated heterocycles. The van der Waals surface area contributed by atoms with Gasteiger partial charge in [0.05, 0.1) is 12.2 Å². The van der Waals surface area contributed by atoms with Crippen molar-refractivity contribution < 1.29 is 19.1 Å². The van der Waals surface area contributed by atoms with Crippen LogP contribution in [0.15, 0.2) is 42.5 Å². The largest absolute Gasteiger partial charge is 0.489 e. The summed E-state index contributed by atoms with van der Waals surface area (Å²) in [6.07, 6.45) is 0. The van der Waals surface area contributed by atoms with Gasteiger partial charge in [-0.25, -0.2) is 4.79 Å². The van der Waals surface area contributed by atoms with Gasteiger partial charge < -0.3 is 15.2 Å². The van der Waals surface area contributed by atoms with Crippen LogP contribution in [0.1, 0.15) is 40.1 Å². The lowest BCUT2D eigenvalue weighted by Gasteiger charge is -2.09. The van der Waals surface area contributed by atoms with Crippen LogP contribution in [0.2, 0.25) is 0 Å². The molecule has 2 rings (SSSR count). The minimum Gasteiger partial charge on any atom is -0.489 e. The zero-order chi connectivity index (χ0) is 16.8. The highest BCUT2D eigenvalue weighted by atomic mass is 16.5. The third kappa shape index (κ3) is 4.32. The third-order valence-corrected chi connectivity index (χ3v) is 3.25. The monoisotopic (exact) mass is 313 g/mol. The molecule has 0 saturated carbocycles. The highest BCUT2D eigenvalue weighted by Crippen LogP contribution is 2.21. The van der Waals surface area contributed by atoms with Crippen molar-refractivity contribution in [3.05, 3.63) is 59.2 Å². The second-order valence-electron chi connectivity index (χ2n) is 5.01. The Hall–Kier alpha value is -2.82. The molecule has 2 N–H and O–H groups in total. The van der Waals surface area contributed by atoms with E-state index in [1.54, 1.807) is 43.3 Å². The number of ether oxygens (including phenoxy) is 2. The normalized spacial score (nSPS) is 10.2. The number of esters is 1. The van der Waals surface area contributed by atoms with Gasteiger partial charge in [-0.05, 0) is 43.7 Å². The van der Waals surface area contributed by atoms with Crippen LogP contribution in [0.5, 0.6) is 5.75 Å². The number of hydrogen-bond acceptors (Lipinski definition) is 5. The Labute approximate surface area is 135 Å². The Kier molecular flexibility index (Phi) is 5.36. The maximum atomic E-state index is 11.7. The van der Waals surface area contributed by atoms with Crippen molar-refractivity contribution in [1.82, 2.24) is 0 Å². The van der Waals surface area contributed by atoms with Crippen molar-refractivity contribution in [3.8, 4) is 5.75 Å². The summed E-state index contributed by atoms with van der Waals surface area (Å²) in [5, 5.41) is 0. The summed E-state index contributed by atoms with van der Waals surface area (Å²) in [7, 11) is 0. The molecule has 5 heteroatoms. The molecule has 5 nitrogen and oxygen atoms in total. The van der Waals surface area contributed by atoms with E-state index in [1.165, 1.54) is 6.92 Å². The summed E-state index contributed by atoms with van der Waals surface area (Å²) in [5.41, 5.74) is 8.01. The van der Waals surface area contributed by atoms with Crippen LogP contribution in [0.4, 0.5) is 5.69 Å². The van der Waals surface area contributed by atoms with E-state index >= 15 is 0 Å². The molecule has 0 aliphatic heterocycles. The molecule has 120 valence electrons. The van der Waals surface area contributed by atoms with E-state index in [0.717, 1.165) is 5.56 Å². The van der Waals surface area contributed by atoms with E-state index in [-0.39, 0.29) is 18.4 Å². The van der Waals surface area contributed by atoms with E-state index in [0.29, 0.717) is 29.2 Å². The molecular formula is C18H19NO4. The average Bonchev–Trinajstić information content (AvgIpc) is 2.53. The molecule has 0 spiro atoms. The van der Waals surface area contributed by atoms with Gasteiger partial charge in [0, 0.05) is 17.3 Å². The highest BCUT2D eigenvalue weighted by molar-refractivity contribution is 5.99. The Balaban J connectivity index is 2.06. The Morgan fingerprint density at radius 3 is 2.57 bits per heavy atom. The van der Waals surface area contributed by atoms with Gasteiger partial charge in [-0.1, -0.05) is 12.1 Å². The molecule has 0 aliphatic rings. The fraction of sp³-hybridized carbons (Fsp3) is 0.222. The number of anilines is 1. The van der Waals surface area contributed by atoms with Gasteiger partial charge in [0.15, 0.2) is 5.78 Å². The van der Waals surface area contributed by atoms with Crippen molar-refractivity contribution in [2.45, 2.75) is 20.5 Å². The summed E-state index contributed by atoms with van der Waals surface area (Å²) < 4.78 is 10.6. The van der Waals surface area contributed by atoms with Gasteiger partial charge in [0.1, 0.15) is 12.4 Å². The maximum absolute atomic E-state index is 11.7. The van der Waals surface area contributed by atoms with Gasteiger partial charge in [-0.3, -0.25) is 4.79 Å². The first-order chi connectivity index (χ1) is 11.0. The molecule has 0 heterocycles. The predicted octanol–water partition coefficient (Wildman–Crippen LogP) is 3.23. The Morgan fingerprint density at radius 2 is 1.91 bits per heavy atom. The number of rotatable bonds is 6. The number of benzene rings is 2. The topological polar surface area (TPSA) is 78.6 Å². The van der Waals surface area contributed by atoms with Crippen LogP contribution in [0, 0.1) is 0 Å². The molecule has 0 aromatic heterocycles. The fourth-order valence-electron chi connectivity index (χ4n) is 2.12. The molecule has 0 radical (unpaired) electrons. The van der Waals surface area contributed by atoms with Crippen LogP contribution < -0.4 is 10.5 Å². The summed E-state index contributed by atoms with van der Waals surface area (Å²) in [4.78, 5) is 23.1. The minimum absolute atomic E-state index is 0.0869. The lowest BCUT2D eigenvalue weighted by Crippen LogP contribution is -2.06. The molecule has 0 fully saturated rings. The molecule has 0 atom stereocenters. The first-order valence-corrected chi connectivity index (χ1v) is 7.30. The van der Waals surface area contributed by atoms with Crippen LogP contribution in [0.25, 0.3) is 0 Å². The van der Waals surface area contributed by atoms with E-state index in [9.17, 15) is 9.59 Å². The molecule has 0 bridgehead atoms. The van der Waals surface area contributed by atoms with Crippen LogP contribution in [-0.4, -0.2) is 18.4 Å². The summed E-state index contributed by atoms with van der Waals surface area (Å²) in [5.74, 6) is 0.120. The molecule has 2 aromatic carbocycles. The van der Waals surface area contributed by atoms with E-state index < -0.39 is 0 Å². The molecule has 0 unspecified atom stereocenters. The Bertz CT molecular complexity index is 725. The fourth-order valence-corrected chi connectivity index (χ4v) is 2.12. The SMILES string of the molecule is CCOC(=O)c1cccc(COc2ccc(C(C)=O)c(N)c2)c1. The van der Waals surface area contributed by atoms with Crippen LogP contribution >= 0.6 is 0 Å². The number of ketones is 1. The summed E-state index contributed by atoms with van der Waals surface area (Å²) in [6, 6.07) is 12.0. The average molecular weight is 313 g/mol. The van der Waals surface area contributed by atoms with Crippen molar-refractivity contribution >= 4 is 17.4 Å². The molecule has 0 amide bonds. The van der Waals surface area contributed by atoms with Crippen LogP contribution in [0.3, 0.4) is 0 Å². The van der Waals surface area contributed by atoms with Gasteiger partial charge in [-0.2, -0.15) is 0 Å². The second kappa shape index (κ2) is 7.45. The number of hydrogen-bond donors (Lipinski definition) is 1. The second-order valence-corrected chi connectivity index (χ2v) is 5.01. The number of carbonyl (C=O) groups is 2. The number of nitrogen functional groups attached to an aromatic ring is 1. The van der Waals surface area contributed by atoms with Gasteiger partial charge in [0.2, 0.25) is 0 Å². The number of carbonyl (C=O) groups excluding carboxylic acids is 2. The number of Topliss-reactive ketones (excluding diaryl/α,β-unsaturated/α-hetero) is 1. The summed E-state index contributed by atoms with van der Waals surface area (Å²) >= 11 is 0. The first-order valence-electron chi connectivity index (χ1n) is 7.30. The lowest BCUT2D eigenvalue weighted by atomic mass is 10.1. The third-order valence-electron chi connectivity index (χ3n) is 3.25. The molecule has 23 heavy (non-hydrogen) atoms. The van der Waals surface area contributed by atoms with E-state index in [4.69, 9.17) is 15.2 Å². The standard InChI is InChI=1S/C18H19NO4/c1-3-22-18(21)14-6-4-5-13(9-14)11-23-15-7-8-16(12(2)20)17(19)10-15/h4-10H,3,11,19H2,1-2H3. The van der Waals surface area contributed by atoms with Crippen molar-refractivity contribution in [2.24, 2.45) is 0 Å². The lowest BCUT2D eigenvalue weighted by molar-refractivity contribution is 0.0526. The van der Waals surface area contributed by atoms with Gasteiger partial charge in [0.25, 0.3) is 0 Å².